The van der Waals surface area contributed by atoms with Gasteiger partial charge in [-0.05, 0) is 31.0 Å². The number of amides is 1. The molecule has 1 amide bonds. The number of halogens is 2. The second kappa shape index (κ2) is 6.29. The molecule has 5 nitrogen and oxygen atoms in total. The highest BCUT2D eigenvalue weighted by molar-refractivity contribution is 7.88. The Morgan fingerprint density at radius 2 is 2.00 bits per heavy atom. The van der Waals surface area contributed by atoms with Gasteiger partial charge in [-0.3, -0.25) is 4.79 Å². The highest BCUT2D eigenvalue weighted by atomic mass is 35.5. The number of benzene rings is 1. The van der Waals surface area contributed by atoms with Crippen molar-refractivity contribution >= 4 is 27.5 Å². The first kappa shape index (κ1) is 16.2. The molecule has 8 heteroatoms. The van der Waals surface area contributed by atoms with E-state index in [1.165, 1.54) is 16.4 Å². The molecule has 0 bridgehead atoms. The molecule has 116 valence electrons. The second-order valence-corrected chi connectivity index (χ2v) is 7.45. The van der Waals surface area contributed by atoms with Gasteiger partial charge in [0.05, 0.1) is 11.8 Å². The summed E-state index contributed by atoms with van der Waals surface area (Å²) in [6.45, 7) is 0.698. The molecule has 0 atom stereocenters. The van der Waals surface area contributed by atoms with Gasteiger partial charge >= 0.3 is 0 Å². The predicted molar refractivity (Wildman–Crippen MR) is 78.3 cm³/mol. The summed E-state index contributed by atoms with van der Waals surface area (Å²) < 4.78 is 37.7. The zero-order valence-corrected chi connectivity index (χ0v) is 13.0. The molecule has 0 unspecified atom stereocenters. The van der Waals surface area contributed by atoms with E-state index in [2.05, 4.69) is 5.32 Å². The van der Waals surface area contributed by atoms with Crippen LogP contribution in [0.15, 0.2) is 18.2 Å². The van der Waals surface area contributed by atoms with Gasteiger partial charge in [0.1, 0.15) is 5.82 Å². The number of carbonyl (C=O) groups excluding carboxylic acids is 1. The van der Waals surface area contributed by atoms with E-state index in [0.29, 0.717) is 25.9 Å². The van der Waals surface area contributed by atoms with Gasteiger partial charge in [0, 0.05) is 24.2 Å². The van der Waals surface area contributed by atoms with Gasteiger partial charge in [0.2, 0.25) is 10.0 Å². The molecule has 1 N–H and O–H groups in total. The molecular formula is C13H16ClFN2O3S. The van der Waals surface area contributed by atoms with Crippen LogP contribution >= 0.6 is 11.6 Å². The lowest BCUT2D eigenvalue weighted by atomic mass is 10.1. The van der Waals surface area contributed by atoms with Crippen molar-refractivity contribution in [3.63, 3.8) is 0 Å². The number of rotatable bonds is 3. The van der Waals surface area contributed by atoms with Crippen LogP contribution in [0.3, 0.4) is 0 Å². The van der Waals surface area contributed by atoms with Crippen LogP contribution < -0.4 is 5.32 Å². The zero-order valence-electron chi connectivity index (χ0n) is 11.5. The molecule has 0 spiro atoms. The minimum atomic E-state index is -3.20. The van der Waals surface area contributed by atoms with Crippen LogP contribution in [0.2, 0.25) is 5.02 Å². The fourth-order valence-electron chi connectivity index (χ4n) is 2.27. The molecule has 21 heavy (non-hydrogen) atoms. The van der Waals surface area contributed by atoms with Gasteiger partial charge in [-0.25, -0.2) is 17.1 Å². The summed E-state index contributed by atoms with van der Waals surface area (Å²) in [6, 6.07) is 3.62. The van der Waals surface area contributed by atoms with Crippen molar-refractivity contribution in [1.29, 1.82) is 0 Å². The van der Waals surface area contributed by atoms with Gasteiger partial charge in [0.25, 0.3) is 5.91 Å². The fourth-order valence-corrected chi connectivity index (χ4v) is 3.31. The van der Waals surface area contributed by atoms with Gasteiger partial charge in [-0.2, -0.15) is 0 Å². The Morgan fingerprint density at radius 3 is 2.57 bits per heavy atom. The lowest BCUT2D eigenvalue weighted by Crippen LogP contribution is -2.46. The van der Waals surface area contributed by atoms with E-state index in [9.17, 15) is 17.6 Å². The molecule has 0 aliphatic carbocycles. The second-order valence-electron chi connectivity index (χ2n) is 5.03. The SMILES string of the molecule is CS(=O)(=O)N1CCC(NC(=O)c2cc(Cl)ccc2F)CC1. The van der Waals surface area contributed by atoms with Crippen LogP contribution in [0, 0.1) is 5.82 Å². The number of hydrogen-bond acceptors (Lipinski definition) is 3. The molecule has 1 fully saturated rings. The van der Waals surface area contributed by atoms with Crippen LogP contribution in [0.4, 0.5) is 4.39 Å². The zero-order chi connectivity index (χ0) is 15.6. The Kier molecular flexibility index (Phi) is 4.85. The minimum absolute atomic E-state index is 0.104. The monoisotopic (exact) mass is 334 g/mol. The lowest BCUT2D eigenvalue weighted by Gasteiger charge is -2.30. The molecule has 1 heterocycles. The maximum absolute atomic E-state index is 13.6. The van der Waals surface area contributed by atoms with Crippen LogP contribution in [0.1, 0.15) is 23.2 Å². The van der Waals surface area contributed by atoms with Gasteiger partial charge in [-0.15, -0.1) is 0 Å². The van der Waals surface area contributed by atoms with Crippen molar-refractivity contribution in [1.82, 2.24) is 9.62 Å². The summed E-state index contributed by atoms with van der Waals surface area (Å²) in [4.78, 5) is 12.0. The van der Waals surface area contributed by atoms with Crippen LogP contribution in [0.5, 0.6) is 0 Å². The number of hydrogen-bond donors (Lipinski definition) is 1. The normalized spacial score (nSPS) is 17.7. The lowest BCUT2D eigenvalue weighted by molar-refractivity contribution is 0.0920. The predicted octanol–water partition coefficient (Wildman–Crippen LogP) is 1.63. The molecular weight excluding hydrogens is 319 g/mol. The molecule has 1 aromatic carbocycles. The standard InChI is InChI=1S/C13H16ClFN2O3S/c1-21(19,20)17-6-4-10(5-7-17)16-13(18)11-8-9(14)2-3-12(11)15/h2-3,8,10H,4-7H2,1H3,(H,16,18). The van der Waals surface area contributed by atoms with Crippen LogP contribution in [-0.2, 0) is 10.0 Å². The highest BCUT2D eigenvalue weighted by Crippen LogP contribution is 2.17. The first-order valence-corrected chi connectivity index (χ1v) is 8.71. The van der Waals surface area contributed by atoms with Crippen molar-refractivity contribution in [2.75, 3.05) is 19.3 Å². The number of nitrogens with zero attached hydrogens (tertiary/aromatic N) is 1. The van der Waals surface area contributed by atoms with Gasteiger partial charge in [-0.1, -0.05) is 11.6 Å². The first-order chi connectivity index (χ1) is 9.77. The van der Waals surface area contributed by atoms with E-state index in [0.717, 1.165) is 12.3 Å². The van der Waals surface area contributed by atoms with Crippen molar-refractivity contribution in [3.05, 3.63) is 34.6 Å². The quantitative estimate of drug-likeness (QED) is 0.913. The summed E-state index contributed by atoms with van der Waals surface area (Å²) in [5.41, 5.74) is -0.104. The molecule has 0 saturated carbocycles. The van der Waals surface area contributed by atoms with E-state index in [4.69, 9.17) is 11.6 Å². The molecule has 1 aliphatic rings. The molecule has 1 saturated heterocycles. The third-order valence-corrected chi connectivity index (χ3v) is 4.97. The molecule has 0 aromatic heterocycles. The number of nitrogens with one attached hydrogen (secondary N) is 1. The third-order valence-electron chi connectivity index (χ3n) is 3.43. The minimum Gasteiger partial charge on any atom is -0.349 e. The summed E-state index contributed by atoms with van der Waals surface area (Å²) in [5, 5.41) is 3.00. The summed E-state index contributed by atoms with van der Waals surface area (Å²) in [7, 11) is -3.20. The molecule has 2 rings (SSSR count). The molecule has 1 aromatic rings. The maximum atomic E-state index is 13.6. The summed E-state index contributed by atoms with van der Waals surface area (Å²) >= 11 is 5.75. The number of carbonyl (C=O) groups is 1. The largest absolute Gasteiger partial charge is 0.349 e. The Labute approximate surface area is 128 Å². The van der Waals surface area contributed by atoms with Crippen LogP contribution in [0.25, 0.3) is 0 Å². The van der Waals surface area contributed by atoms with E-state index in [1.54, 1.807) is 0 Å². The highest BCUT2D eigenvalue weighted by Gasteiger charge is 2.26. The smallest absolute Gasteiger partial charge is 0.254 e. The Bertz CT molecular complexity index is 643. The maximum Gasteiger partial charge on any atom is 0.254 e. The average molecular weight is 335 g/mol. The average Bonchev–Trinajstić information content (AvgIpc) is 2.41. The van der Waals surface area contributed by atoms with E-state index in [1.807, 2.05) is 0 Å². The van der Waals surface area contributed by atoms with Crippen molar-refractivity contribution in [3.8, 4) is 0 Å². The van der Waals surface area contributed by atoms with Crippen molar-refractivity contribution in [2.24, 2.45) is 0 Å². The molecule has 0 radical (unpaired) electrons. The Hall–Kier alpha value is -1.18. The fraction of sp³-hybridized carbons (Fsp3) is 0.462. The molecule has 1 aliphatic heterocycles. The van der Waals surface area contributed by atoms with E-state index in [-0.39, 0.29) is 16.6 Å². The van der Waals surface area contributed by atoms with Crippen LogP contribution in [-0.4, -0.2) is 44.0 Å². The third kappa shape index (κ3) is 4.15. The van der Waals surface area contributed by atoms with Crippen molar-refractivity contribution < 1.29 is 17.6 Å². The topological polar surface area (TPSA) is 66.5 Å². The Morgan fingerprint density at radius 1 is 1.38 bits per heavy atom. The first-order valence-electron chi connectivity index (χ1n) is 6.48. The summed E-state index contributed by atoms with van der Waals surface area (Å²) in [6.07, 6.45) is 2.16. The van der Waals surface area contributed by atoms with E-state index >= 15 is 0 Å². The number of piperidine rings is 1. The van der Waals surface area contributed by atoms with Gasteiger partial charge < -0.3 is 5.32 Å². The Balaban J connectivity index is 1.97. The van der Waals surface area contributed by atoms with Gasteiger partial charge in [0.15, 0.2) is 0 Å². The van der Waals surface area contributed by atoms with E-state index < -0.39 is 21.7 Å². The number of sulfonamides is 1. The van der Waals surface area contributed by atoms with Crippen molar-refractivity contribution in [2.45, 2.75) is 18.9 Å². The summed E-state index contributed by atoms with van der Waals surface area (Å²) in [5.74, 6) is -1.17.